The lowest BCUT2D eigenvalue weighted by molar-refractivity contribution is -0.134. The van der Waals surface area contributed by atoms with Crippen molar-refractivity contribution in [3.63, 3.8) is 0 Å². The van der Waals surface area contributed by atoms with Crippen molar-refractivity contribution in [2.45, 2.75) is 25.8 Å². The summed E-state index contributed by atoms with van der Waals surface area (Å²) in [4.78, 5) is 14.1. The molecule has 1 aromatic heterocycles. The first-order valence-electron chi connectivity index (χ1n) is 8.45. The third kappa shape index (κ3) is 4.95. The summed E-state index contributed by atoms with van der Waals surface area (Å²) in [5.41, 5.74) is 0. The summed E-state index contributed by atoms with van der Waals surface area (Å²) in [5, 5.41) is 4.20. The number of rotatable bonds is 6. The van der Waals surface area contributed by atoms with Crippen LogP contribution in [0.4, 0.5) is 4.39 Å². The predicted molar refractivity (Wildman–Crippen MR) is 93.1 cm³/mol. The zero-order valence-corrected chi connectivity index (χ0v) is 14.7. The maximum absolute atomic E-state index is 13.1. The monoisotopic (exact) mass is 365 g/mol. The van der Waals surface area contributed by atoms with Gasteiger partial charge in [0.25, 0.3) is 5.91 Å². The van der Waals surface area contributed by atoms with E-state index < -0.39 is 5.82 Å². The summed E-state index contributed by atoms with van der Waals surface area (Å²) >= 11 is 5.70. The quantitative estimate of drug-likeness (QED) is 0.788. The number of benzene rings is 1. The van der Waals surface area contributed by atoms with Gasteiger partial charge in [-0.15, -0.1) is 0 Å². The molecule has 3 rings (SSSR count). The smallest absolute Gasteiger partial charge is 0.260 e. The van der Waals surface area contributed by atoms with E-state index in [1.54, 1.807) is 6.20 Å². The number of aryl methyl sites for hydroxylation is 1. The molecule has 0 atom stereocenters. The Morgan fingerprint density at radius 1 is 1.36 bits per heavy atom. The fourth-order valence-electron chi connectivity index (χ4n) is 3.02. The average molecular weight is 366 g/mol. The van der Waals surface area contributed by atoms with Crippen molar-refractivity contribution < 1.29 is 13.9 Å². The second-order valence-corrected chi connectivity index (χ2v) is 6.65. The molecule has 1 aromatic carbocycles. The zero-order chi connectivity index (χ0) is 17.6. The second-order valence-electron chi connectivity index (χ2n) is 6.25. The molecule has 1 fully saturated rings. The Kier molecular flexibility index (Phi) is 5.91. The third-order valence-electron chi connectivity index (χ3n) is 4.55. The lowest BCUT2D eigenvalue weighted by atomic mass is 9.93. The van der Waals surface area contributed by atoms with Crippen molar-refractivity contribution >= 4 is 17.5 Å². The highest BCUT2D eigenvalue weighted by Crippen LogP contribution is 2.23. The lowest BCUT2D eigenvalue weighted by Gasteiger charge is -2.32. The van der Waals surface area contributed by atoms with E-state index in [0.717, 1.165) is 38.9 Å². The van der Waals surface area contributed by atoms with Crippen LogP contribution in [0, 0.1) is 11.7 Å². The minimum Gasteiger partial charge on any atom is -0.484 e. The number of carbonyl (C=O) groups excluding carboxylic acids is 1. The van der Waals surface area contributed by atoms with Gasteiger partial charge in [-0.05, 0) is 43.4 Å². The highest BCUT2D eigenvalue weighted by Gasteiger charge is 2.23. The van der Waals surface area contributed by atoms with Gasteiger partial charge in [0.2, 0.25) is 0 Å². The molecule has 1 saturated heterocycles. The van der Waals surface area contributed by atoms with Crippen molar-refractivity contribution in [3.05, 3.63) is 47.5 Å². The van der Waals surface area contributed by atoms with Crippen LogP contribution in [0.3, 0.4) is 0 Å². The number of amides is 1. The van der Waals surface area contributed by atoms with E-state index in [1.165, 1.54) is 18.2 Å². The molecule has 0 saturated carbocycles. The minimum absolute atomic E-state index is 0.0112. The van der Waals surface area contributed by atoms with Crippen molar-refractivity contribution in [1.29, 1.82) is 0 Å². The Balaban J connectivity index is 1.39. The molecular weight excluding hydrogens is 345 g/mol. The summed E-state index contributed by atoms with van der Waals surface area (Å²) < 4.78 is 20.5. The number of ether oxygens (including phenoxy) is 1. The molecule has 7 heteroatoms. The summed E-state index contributed by atoms with van der Waals surface area (Å²) in [6.07, 6.45) is 6.83. The topological polar surface area (TPSA) is 47.4 Å². The molecule has 0 bridgehead atoms. The molecular formula is C18H21ClFN3O2. The van der Waals surface area contributed by atoms with E-state index in [9.17, 15) is 9.18 Å². The van der Waals surface area contributed by atoms with Crippen LogP contribution in [0.2, 0.25) is 5.02 Å². The standard InChI is InChI=1S/C18H21ClFN3O2/c19-16-12-15(2-3-17(16)20)25-13-18(24)22-9-4-14(5-10-22)6-11-23-8-1-7-21-23/h1-3,7-8,12,14H,4-6,9-11,13H2. The molecule has 0 N–H and O–H groups in total. The molecule has 0 aliphatic carbocycles. The predicted octanol–water partition coefficient (Wildman–Crippen LogP) is 3.38. The summed E-state index contributed by atoms with van der Waals surface area (Å²) in [6, 6.07) is 6.00. The van der Waals surface area contributed by atoms with E-state index in [4.69, 9.17) is 16.3 Å². The molecule has 2 heterocycles. The van der Waals surface area contributed by atoms with Gasteiger partial charge in [0.1, 0.15) is 11.6 Å². The van der Waals surface area contributed by atoms with E-state index in [1.807, 2.05) is 21.8 Å². The van der Waals surface area contributed by atoms with Gasteiger partial charge in [-0.1, -0.05) is 11.6 Å². The zero-order valence-electron chi connectivity index (χ0n) is 13.9. The SMILES string of the molecule is O=C(COc1ccc(F)c(Cl)c1)N1CCC(CCn2cccn2)CC1. The molecule has 0 unspecified atom stereocenters. The van der Waals surface area contributed by atoms with E-state index in [0.29, 0.717) is 11.7 Å². The van der Waals surface area contributed by atoms with Crippen molar-refractivity contribution in [2.75, 3.05) is 19.7 Å². The largest absolute Gasteiger partial charge is 0.484 e. The molecule has 1 aliphatic rings. The van der Waals surface area contributed by atoms with Crippen LogP contribution in [0.15, 0.2) is 36.7 Å². The van der Waals surface area contributed by atoms with E-state index in [2.05, 4.69) is 5.10 Å². The Morgan fingerprint density at radius 3 is 2.84 bits per heavy atom. The highest BCUT2D eigenvalue weighted by molar-refractivity contribution is 6.30. The van der Waals surface area contributed by atoms with Crippen LogP contribution < -0.4 is 4.74 Å². The fraction of sp³-hybridized carbons (Fsp3) is 0.444. The first-order valence-corrected chi connectivity index (χ1v) is 8.82. The third-order valence-corrected chi connectivity index (χ3v) is 4.84. The van der Waals surface area contributed by atoms with Crippen molar-refractivity contribution in [1.82, 2.24) is 14.7 Å². The second kappa shape index (κ2) is 8.34. The number of halogens is 2. The lowest BCUT2D eigenvalue weighted by Crippen LogP contribution is -2.41. The van der Waals surface area contributed by atoms with Gasteiger partial charge in [-0.25, -0.2) is 4.39 Å². The van der Waals surface area contributed by atoms with Crippen LogP contribution in [0.25, 0.3) is 0 Å². The highest BCUT2D eigenvalue weighted by atomic mass is 35.5. The maximum atomic E-state index is 13.1. The van der Waals surface area contributed by atoms with Gasteiger partial charge >= 0.3 is 0 Å². The van der Waals surface area contributed by atoms with Crippen LogP contribution in [-0.4, -0.2) is 40.3 Å². The van der Waals surface area contributed by atoms with Gasteiger partial charge in [-0.3, -0.25) is 9.48 Å². The maximum Gasteiger partial charge on any atom is 0.260 e. The van der Waals surface area contributed by atoms with Gasteiger partial charge in [0.05, 0.1) is 5.02 Å². The molecule has 1 amide bonds. The number of carbonyl (C=O) groups is 1. The van der Waals surface area contributed by atoms with Crippen LogP contribution >= 0.6 is 11.6 Å². The first-order chi connectivity index (χ1) is 12.1. The van der Waals surface area contributed by atoms with Gasteiger partial charge in [-0.2, -0.15) is 5.10 Å². The van der Waals surface area contributed by atoms with Crippen LogP contribution in [-0.2, 0) is 11.3 Å². The number of piperidine rings is 1. The number of aromatic nitrogens is 2. The first kappa shape index (κ1) is 17.7. The Hall–Kier alpha value is -2.08. The Bertz CT molecular complexity index is 700. The Morgan fingerprint density at radius 2 is 2.16 bits per heavy atom. The van der Waals surface area contributed by atoms with E-state index >= 15 is 0 Å². The van der Waals surface area contributed by atoms with Crippen molar-refractivity contribution in [2.24, 2.45) is 5.92 Å². The summed E-state index contributed by atoms with van der Waals surface area (Å²) in [6.45, 7) is 2.35. The number of likely N-dealkylation sites (tertiary alicyclic amines) is 1. The molecule has 134 valence electrons. The summed E-state index contributed by atoms with van der Waals surface area (Å²) in [7, 11) is 0. The number of hydrogen-bond acceptors (Lipinski definition) is 3. The van der Waals surface area contributed by atoms with Gasteiger partial charge < -0.3 is 9.64 Å². The van der Waals surface area contributed by atoms with Gasteiger partial charge in [0, 0.05) is 38.1 Å². The van der Waals surface area contributed by atoms with E-state index in [-0.39, 0.29) is 17.5 Å². The Labute approximate surface area is 151 Å². The molecule has 2 aromatic rings. The van der Waals surface area contributed by atoms with Crippen LogP contribution in [0.1, 0.15) is 19.3 Å². The summed E-state index contributed by atoms with van der Waals surface area (Å²) in [5.74, 6) is 0.461. The molecule has 5 nitrogen and oxygen atoms in total. The average Bonchev–Trinajstić information content (AvgIpc) is 3.15. The van der Waals surface area contributed by atoms with Crippen LogP contribution in [0.5, 0.6) is 5.75 Å². The number of nitrogens with zero attached hydrogens (tertiary/aromatic N) is 3. The number of hydrogen-bond donors (Lipinski definition) is 0. The normalized spacial score (nSPS) is 15.4. The fourth-order valence-corrected chi connectivity index (χ4v) is 3.19. The molecule has 1 aliphatic heterocycles. The molecule has 25 heavy (non-hydrogen) atoms. The molecule has 0 radical (unpaired) electrons. The molecule has 0 spiro atoms. The minimum atomic E-state index is -0.502. The van der Waals surface area contributed by atoms with Gasteiger partial charge in [0.15, 0.2) is 6.61 Å². The van der Waals surface area contributed by atoms with Crippen molar-refractivity contribution in [3.8, 4) is 5.75 Å².